The second-order valence-electron chi connectivity index (χ2n) is 4.19. The minimum absolute atomic E-state index is 0.0961. The van der Waals surface area contributed by atoms with Crippen LogP contribution in [0.3, 0.4) is 0 Å². The first-order valence-electron chi connectivity index (χ1n) is 5.88. The molecule has 96 valence electrons. The summed E-state index contributed by atoms with van der Waals surface area (Å²) in [5.41, 5.74) is 5.24. The number of aliphatic hydroxyl groups is 1. The molecular formula is C13H20FNO2. The summed E-state index contributed by atoms with van der Waals surface area (Å²) in [4.78, 5) is 0. The number of nitrogens with two attached hydrogens (primary N) is 1. The monoisotopic (exact) mass is 241 g/mol. The van der Waals surface area contributed by atoms with Gasteiger partial charge in [-0.15, -0.1) is 0 Å². The second-order valence-corrected chi connectivity index (χ2v) is 4.19. The highest BCUT2D eigenvalue weighted by Gasteiger charge is 2.23. The molecule has 0 spiro atoms. The van der Waals surface area contributed by atoms with E-state index in [1.54, 1.807) is 12.1 Å². The molecule has 0 amide bonds. The van der Waals surface area contributed by atoms with Crippen LogP contribution >= 0.6 is 0 Å². The van der Waals surface area contributed by atoms with Gasteiger partial charge in [0.15, 0.2) is 11.6 Å². The topological polar surface area (TPSA) is 55.5 Å². The second kappa shape index (κ2) is 5.98. The molecule has 0 atom stereocenters. The molecule has 0 aliphatic rings. The summed E-state index contributed by atoms with van der Waals surface area (Å²) in [6.45, 7) is 4.14. The highest BCUT2D eigenvalue weighted by atomic mass is 19.1. The van der Waals surface area contributed by atoms with Crippen LogP contribution < -0.4 is 10.5 Å². The zero-order valence-corrected chi connectivity index (χ0v) is 10.4. The van der Waals surface area contributed by atoms with E-state index in [0.29, 0.717) is 19.4 Å². The van der Waals surface area contributed by atoms with Crippen LogP contribution in [0.15, 0.2) is 18.2 Å². The van der Waals surface area contributed by atoms with Gasteiger partial charge in [-0.2, -0.15) is 0 Å². The van der Waals surface area contributed by atoms with Gasteiger partial charge >= 0.3 is 0 Å². The Balaban J connectivity index is 2.69. The molecule has 3 N–H and O–H groups in total. The van der Waals surface area contributed by atoms with Crippen molar-refractivity contribution in [1.82, 2.24) is 0 Å². The molecule has 0 aliphatic carbocycles. The number of rotatable bonds is 6. The Labute approximate surface area is 101 Å². The van der Waals surface area contributed by atoms with Crippen molar-refractivity contribution in [2.75, 3.05) is 6.61 Å². The molecule has 0 bridgehead atoms. The van der Waals surface area contributed by atoms with E-state index >= 15 is 0 Å². The first kappa shape index (κ1) is 13.9. The van der Waals surface area contributed by atoms with Gasteiger partial charge in [-0.3, -0.25) is 0 Å². The fourth-order valence-electron chi connectivity index (χ4n) is 1.45. The van der Waals surface area contributed by atoms with Gasteiger partial charge in [0.1, 0.15) is 6.61 Å². The summed E-state index contributed by atoms with van der Waals surface area (Å²) >= 11 is 0. The molecule has 0 aliphatic heterocycles. The Bertz CT molecular complexity index is 364. The molecule has 3 nitrogen and oxygen atoms in total. The summed E-state index contributed by atoms with van der Waals surface area (Å²) in [5, 5.41) is 10.0. The largest absolute Gasteiger partial charge is 0.488 e. The molecule has 17 heavy (non-hydrogen) atoms. The molecule has 1 aromatic rings. The number of benzene rings is 1. The first-order chi connectivity index (χ1) is 8.04. The van der Waals surface area contributed by atoms with Crippen molar-refractivity contribution in [3.8, 4) is 5.75 Å². The predicted molar refractivity (Wildman–Crippen MR) is 65.3 cm³/mol. The standard InChI is InChI=1S/C13H20FNO2/c1-3-13(16,4-2)9-17-12-6-5-10(8-15)7-11(12)14/h5-7,16H,3-4,8-9,15H2,1-2H3. The Morgan fingerprint density at radius 3 is 2.47 bits per heavy atom. The third-order valence-electron chi connectivity index (χ3n) is 3.04. The predicted octanol–water partition coefficient (Wildman–Crippen LogP) is 2.21. The van der Waals surface area contributed by atoms with E-state index in [0.717, 1.165) is 5.56 Å². The lowest BCUT2D eigenvalue weighted by atomic mass is 9.99. The summed E-state index contributed by atoms with van der Waals surface area (Å²) in [7, 11) is 0. The van der Waals surface area contributed by atoms with E-state index < -0.39 is 11.4 Å². The Kier molecular flexibility index (Phi) is 4.90. The minimum atomic E-state index is -0.890. The third-order valence-corrected chi connectivity index (χ3v) is 3.04. The minimum Gasteiger partial charge on any atom is -0.488 e. The van der Waals surface area contributed by atoms with Gasteiger partial charge in [-0.1, -0.05) is 19.9 Å². The highest BCUT2D eigenvalue weighted by Crippen LogP contribution is 2.21. The van der Waals surface area contributed by atoms with Crippen molar-refractivity contribution >= 4 is 0 Å². The summed E-state index contributed by atoms with van der Waals surface area (Å²) < 4.78 is 18.9. The van der Waals surface area contributed by atoms with Gasteiger partial charge in [-0.05, 0) is 30.5 Å². The Morgan fingerprint density at radius 2 is 2.00 bits per heavy atom. The molecule has 0 unspecified atom stereocenters. The average molecular weight is 241 g/mol. The first-order valence-corrected chi connectivity index (χ1v) is 5.88. The maximum atomic E-state index is 13.6. The molecule has 0 aromatic heterocycles. The molecule has 0 radical (unpaired) electrons. The van der Waals surface area contributed by atoms with Crippen molar-refractivity contribution in [1.29, 1.82) is 0 Å². The van der Waals surface area contributed by atoms with Crippen molar-refractivity contribution in [2.24, 2.45) is 5.73 Å². The molecular weight excluding hydrogens is 221 g/mol. The molecule has 4 heteroatoms. The quantitative estimate of drug-likeness (QED) is 0.803. The number of hydrogen-bond donors (Lipinski definition) is 2. The third kappa shape index (κ3) is 3.68. The van der Waals surface area contributed by atoms with Crippen LogP contribution in [0.2, 0.25) is 0 Å². The maximum absolute atomic E-state index is 13.6. The Hall–Kier alpha value is -1.13. The van der Waals surface area contributed by atoms with Crippen LogP contribution in [0.5, 0.6) is 5.75 Å². The summed E-state index contributed by atoms with van der Waals surface area (Å²) in [6, 6.07) is 4.62. The number of halogens is 1. The molecule has 0 fully saturated rings. The van der Waals surface area contributed by atoms with Crippen LogP contribution in [0, 0.1) is 5.82 Å². The molecule has 0 heterocycles. The van der Waals surface area contributed by atoms with E-state index in [2.05, 4.69) is 0 Å². The van der Waals surface area contributed by atoms with Crippen molar-refractivity contribution in [2.45, 2.75) is 38.8 Å². The van der Waals surface area contributed by atoms with Gasteiger partial charge in [0.25, 0.3) is 0 Å². The average Bonchev–Trinajstić information content (AvgIpc) is 2.36. The van der Waals surface area contributed by atoms with Crippen LogP contribution in [0.4, 0.5) is 4.39 Å². The summed E-state index contributed by atoms with van der Waals surface area (Å²) in [6.07, 6.45) is 1.15. The molecule has 1 rings (SSSR count). The SMILES string of the molecule is CCC(O)(CC)COc1ccc(CN)cc1F. The highest BCUT2D eigenvalue weighted by molar-refractivity contribution is 5.29. The van der Waals surface area contributed by atoms with E-state index in [4.69, 9.17) is 10.5 Å². The van der Waals surface area contributed by atoms with E-state index in [9.17, 15) is 9.50 Å². The fraction of sp³-hybridized carbons (Fsp3) is 0.538. The molecule has 0 saturated heterocycles. The van der Waals surface area contributed by atoms with Crippen LogP contribution in [0.25, 0.3) is 0 Å². The smallest absolute Gasteiger partial charge is 0.165 e. The van der Waals surface area contributed by atoms with Crippen molar-refractivity contribution < 1.29 is 14.2 Å². The summed E-state index contributed by atoms with van der Waals surface area (Å²) in [5.74, 6) is -0.287. The zero-order valence-electron chi connectivity index (χ0n) is 10.4. The van der Waals surface area contributed by atoms with Crippen LogP contribution in [-0.2, 0) is 6.54 Å². The lowest BCUT2D eigenvalue weighted by molar-refractivity contribution is -0.0123. The Morgan fingerprint density at radius 1 is 1.35 bits per heavy atom. The zero-order chi connectivity index (χ0) is 12.9. The van der Waals surface area contributed by atoms with Gasteiger partial charge in [0.05, 0.1) is 5.60 Å². The van der Waals surface area contributed by atoms with Crippen LogP contribution in [-0.4, -0.2) is 17.3 Å². The van der Waals surface area contributed by atoms with Crippen molar-refractivity contribution in [3.63, 3.8) is 0 Å². The maximum Gasteiger partial charge on any atom is 0.165 e. The molecule has 0 saturated carbocycles. The van der Waals surface area contributed by atoms with Gasteiger partial charge in [0.2, 0.25) is 0 Å². The van der Waals surface area contributed by atoms with Gasteiger partial charge in [0, 0.05) is 6.54 Å². The lowest BCUT2D eigenvalue weighted by Crippen LogP contribution is -2.34. The van der Waals surface area contributed by atoms with Crippen molar-refractivity contribution in [3.05, 3.63) is 29.6 Å². The number of ether oxygens (including phenoxy) is 1. The van der Waals surface area contributed by atoms with E-state index in [-0.39, 0.29) is 12.4 Å². The lowest BCUT2D eigenvalue weighted by Gasteiger charge is -2.25. The molecule has 1 aromatic carbocycles. The number of hydrogen-bond acceptors (Lipinski definition) is 3. The fourth-order valence-corrected chi connectivity index (χ4v) is 1.45. The van der Waals surface area contributed by atoms with Gasteiger partial charge < -0.3 is 15.6 Å². The normalized spacial score (nSPS) is 11.6. The van der Waals surface area contributed by atoms with Gasteiger partial charge in [-0.25, -0.2) is 4.39 Å². The van der Waals surface area contributed by atoms with E-state index in [1.807, 2.05) is 13.8 Å². The van der Waals surface area contributed by atoms with E-state index in [1.165, 1.54) is 6.07 Å². The van der Waals surface area contributed by atoms with Crippen LogP contribution in [0.1, 0.15) is 32.3 Å².